The molecule has 0 unspecified atom stereocenters. The third-order valence-electron chi connectivity index (χ3n) is 13.6. The number of hydrogen-bond acceptors (Lipinski definition) is 8. The topological polar surface area (TPSA) is 129 Å². The molecular formula is C47H72N6O4Si. The molecule has 58 heavy (non-hydrogen) atoms. The molecule has 2 aromatic carbocycles. The summed E-state index contributed by atoms with van der Waals surface area (Å²) in [6.07, 6.45) is 18.4. The molecule has 1 aliphatic heterocycles. The van der Waals surface area contributed by atoms with Crippen molar-refractivity contribution >= 4 is 19.2 Å². The molecule has 0 spiro atoms. The third kappa shape index (κ3) is 11.3. The average Bonchev–Trinajstić information content (AvgIpc) is 3.69. The molecule has 0 radical (unpaired) electrons. The van der Waals surface area contributed by atoms with Gasteiger partial charge in [0.2, 0.25) is 5.56 Å². The summed E-state index contributed by atoms with van der Waals surface area (Å²) in [5.74, 6) is 1.39. The largest absolute Gasteiger partial charge is 0.506 e. The van der Waals surface area contributed by atoms with Crippen molar-refractivity contribution in [1.29, 1.82) is 0 Å². The summed E-state index contributed by atoms with van der Waals surface area (Å²) in [6, 6.07) is 17.0. The molecule has 2 aliphatic rings. The zero-order chi connectivity index (χ0) is 41.2. The highest BCUT2D eigenvalue weighted by atomic mass is 28.4. The first-order chi connectivity index (χ1) is 27.8. The van der Waals surface area contributed by atoms with E-state index >= 15 is 0 Å². The zero-order valence-electron chi connectivity index (χ0n) is 36.1. The lowest BCUT2D eigenvalue weighted by Gasteiger charge is -2.39. The van der Waals surface area contributed by atoms with E-state index in [0.717, 1.165) is 74.8 Å². The molecule has 2 fully saturated rings. The van der Waals surface area contributed by atoms with Crippen molar-refractivity contribution in [3.63, 3.8) is 0 Å². The molecule has 4 N–H and O–H groups in total. The van der Waals surface area contributed by atoms with Gasteiger partial charge in [0.15, 0.2) is 19.7 Å². The number of H-pyrrole nitrogens is 1. The molecule has 11 heteroatoms. The van der Waals surface area contributed by atoms with Crippen LogP contribution in [0.1, 0.15) is 134 Å². The van der Waals surface area contributed by atoms with Crippen molar-refractivity contribution in [2.75, 3.05) is 32.7 Å². The van der Waals surface area contributed by atoms with Gasteiger partial charge in [0.05, 0.1) is 11.6 Å². The molecule has 2 aromatic heterocycles. The number of aromatic nitrogens is 4. The van der Waals surface area contributed by atoms with Crippen LogP contribution in [0.5, 0.6) is 5.75 Å². The van der Waals surface area contributed by atoms with E-state index in [2.05, 4.69) is 49.1 Å². The molecule has 1 aliphatic carbocycles. The maximum Gasteiger partial charge on any atom is 0.248 e. The lowest BCUT2D eigenvalue weighted by Crippen LogP contribution is -2.43. The number of aliphatic hydroxyl groups is 1. The normalized spacial score (nSPS) is 18.1. The Balaban J connectivity index is 0.858. The van der Waals surface area contributed by atoms with Gasteiger partial charge in [-0.05, 0) is 118 Å². The van der Waals surface area contributed by atoms with Crippen molar-refractivity contribution in [3.8, 4) is 5.75 Å². The van der Waals surface area contributed by atoms with Gasteiger partial charge >= 0.3 is 0 Å². The number of unbranched alkanes of at least 4 members (excludes halogenated alkanes) is 6. The minimum absolute atomic E-state index is 0.0569. The van der Waals surface area contributed by atoms with Gasteiger partial charge in [0.1, 0.15) is 12.1 Å². The minimum Gasteiger partial charge on any atom is -0.506 e. The number of pyridine rings is 1. The highest BCUT2D eigenvalue weighted by molar-refractivity contribution is 6.74. The van der Waals surface area contributed by atoms with Gasteiger partial charge in [-0.2, -0.15) is 5.10 Å². The Morgan fingerprint density at radius 1 is 0.897 bits per heavy atom. The van der Waals surface area contributed by atoms with E-state index < -0.39 is 13.9 Å². The van der Waals surface area contributed by atoms with Crippen LogP contribution in [-0.2, 0) is 16.6 Å². The second-order valence-corrected chi connectivity index (χ2v) is 23.6. The van der Waals surface area contributed by atoms with Gasteiger partial charge in [-0.3, -0.25) is 9.48 Å². The number of phenolic OH excluding ortho intramolecular Hbond substituents is 1. The van der Waals surface area contributed by atoms with Gasteiger partial charge in [-0.15, -0.1) is 0 Å². The Labute approximate surface area is 348 Å². The molecule has 2 atom stereocenters. The average molecular weight is 813 g/mol. The summed E-state index contributed by atoms with van der Waals surface area (Å²) < 4.78 is 8.94. The van der Waals surface area contributed by atoms with Crippen molar-refractivity contribution in [2.45, 2.75) is 147 Å². The molecule has 10 nitrogen and oxygen atoms in total. The number of benzene rings is 2. The quantitative estimate of drug-likeness (QED) is 0.0514. The smallest absolute Gasteiger partial charge is 0.248 e. The highest BCUT2D eigenvalue weighted by Gasteiger charge is 2.44. The molecular weight excluding hydrogens is 741 g/mol. The van der Waals surface area contributed by atoms with Gasteiger partial charge in [0.25, 0.3) is 0 Å². The van der Waals surface area contributed by atoms with E-state index in [1.54, 1.807) is 12.1 Å². The number of aromatic hydroxyl groups is 1. The summed E-state index contributed by atoms with van der Waals surface area (Å²) in [6.45, 7) is 17.3. The van der Waals surface area contributed by atoms with E-state index in [1.807, 2.05) is 47.4 Å². The van der Waals surface area contributed by atoms with Crippen LogP contribution in [0.3, 0.4) is 0 Å². The predicted octanol–water partition coefficient (Wildman–Crippen LogP) is 9.44. The Bertz CT molecular complexity index is 1910. The van der Waals surface area contributed by atoms with Crippen LogP contribution in [0.2, 0.25) is 18.1 Å². The summed E-state index contributed by atoms with van der Waals surface area (Å²) in [5.41, 5.74) is 1.02. The van der Waals surface area contributed by atoms with E-state index in [0.29, 0.717) is 23.8 Å². The van der Waals surface area contributed by atoms with Crippen LogP contribution in [0, 0.1) is 11.8 Å². The highest BCUT2D eigenvalue weighted by Crippen LogP contribution is 2.43. The third-order valence-corrected chi connectivity index (χ3v) is 18.1. The number of piperidine rings is 1. The Morgan fingerprint density at radius 3 is 2.29 bits per heavy atom. The van der Waals surface area contributed by atoms with Crippen molar-refractivity contribution in [2.24, 2.45) is 11.8 Å². The van der Waals surface area contributed by atoms with Crippen LogP contribution in [0.4, 0.5) is 0 Å². The molecule has 0 bridgehead atoms. The summed E-state index contributed by atoms with van der Waals surface area (Å²) in [5, 5.41) is 32.2. The molecule has 6 rings (SSSR count). The lowest BCUT2D eigenvalue weighted by atomic mass is 9.73. The summed E-state index contributed by atoms with van der Waals surface area (Å²) >= 11 is 0. The number of nitrogens with one attached hydrogen (secondary N) is 2. The predicted molar refractivity (Wildman–Crippen MR) is 238 cm³/mol. The number of likely N-dealkylation sites (tertiary alicyclic amines) is 1. The minimum atomic E-state index is -2.10. The molecule has 4 aromatic rings. The van der Waals surface area contributed by atoms with Crippen molar-refractivity contribution < 1.29 is 14.6 Å². The fourth-order valence-electron chi connectivity index (χ4n) is 8.96. The van der Waals surface area contributed by atoms with Crippen LogP contribution >= 0.6 is 0 Å². The monoisotopic (exact) mass is 813 g/mol. The van der Waals surface area contributed by atoms with Crippen molar-refractivity contribution in [3.05, 3.63) is 88.2 Å². The van der Waals surface area contributed by atoms with E-state index in [4.69, 9.17) is 14.5 Å². The first-order valence-electron chi connectivity index (χ1n) is 22.5. The molecule has 0 amide bonds. The standard InChI is InChI=1S/C47H72N6O4Si/c1-46(2,3)58(4,5)57-42(39-23-25-41(54)44-40(39)24-26-43(55)50-44)33-48-29-17-9-7-6-8-10-18-30-52-31-27-36(28-32-52)34-53-35-49-45(51-53)47(56,37-19-13-11-14-20-37)38-21-15-12-16-22-38/h11,13-14,19-20,23-26,35-36,38,42,48,54,56H,6-10,12,15-18,21-22,27-34H2,1-5H3,(H,50,55)/t42-,47-/m0/s1. The maximum atomic E-state index is 12.2. The number of aromatic amines is 1. The summed E-state index contributed by atoms with van der Waals surface area (Å²) in [7, 11) is -2.10. The van der Waals surface area contributed by atoms with Crippen LogP contribution < -0.4 is 10.9 Å². The number of rotatable bonds is 20. The SMILES string of the molecule is CC(C)(C)[Si](C)(C)O[C@@H](CNCCCCCCCCCN1CCC(Cn2cnc([C@](O)(c3ccccc3)C3CCCCC3)n2)CC1)c1ccc(O)c2[nH]c(=O)ccc12. The lowest BCUT2D eigenvalue weighted by molar-refractivity contribution is -0.00865. The number of nitrogens with zero attached hydrogens (tertiary/aromatic N) is 4. The summed E-state index contributed by atoms with van der Waals surface area (Å²) in [4.78, 5) is 22.2. The molecule has 1 saturated heterocycles. The van der Waals surface area contributed by atoms with Crippen molar-refractivity contribution in [1.82, 2.24) is 30.0 Å². The van der Waals surface area contributed by atoms with Gasteiger partial charge in [0, 0.05) is 24.5 Å². The molecule has 1 saturated carbocycles. The van der Waals surface area contributed by atoms with Gasteiger partial charge in [-0.1, -0.05) is 109 Å². The van der Waals surface area contributed by atoms with Gasteiger partial charge in [-0.25, -0.2) is 4.98 Å². The number of hydrogen-bond donors (Lipinski definition) is 4. The maximum absolute atomic E-state index is 12.2. The first-order valence-corrected chi connectivity index (χ1v) is 25.4. The second-order valence-electron chi connectivity index (χ2n) is 18.9. The van der Waals surface area contributed by atoms with E-state index in [9.17, 15) is 15.0 Å². The Morgan fingerprint density at radius 2 is 1.59 bits per heavy atom. The Hall–Kier alpha value is -3.35. The van der Waals surface area contributed by atoms with E-state index in [1.165, 1.54) is 70.4 Å². The molecule has 3 heterocycles. The number of fused-ring (bicyclic) bond motifs is 1. The van der Waals surface area contributed by atoms with Crippen LogP contribution in [0.15, 0.2) is 65.7 Å². The Kier molecular flexibility index (Phi) is 15.4. The first kappa shape index (κ1) is 44.2. The second kappa shape index (κ2) is 20.3. The molecule has 318 valence electrons. The fraction of sp³-hybridized carbons (Fsp3) is 0.638. The van der Waals surface area contributed by atoms with E-state index in [-0.39, 0.29) is 28.4 Å². The fourth-order valence-corrected chi connectivity index (χ4v) is 10.2. The van der Waals surface area contributed by atoms with Crippen LogP contribution in [-0.4, -0.2) is 75.9 Å². The van der Waals surface area contributed by atoms with Gasteiger partial charge < -0.3 is 29.8 Å². The number of phenols is 1. The van der Waals surface area contributed by atoms with Crippen LogP contribution in [0.25, 0.3) is 10.9 Å². The zero-order valence-corrected chi connectivity index (χ0v) is 37.1.